The molecule has 0 spiro atoms. The molecular formula is C27H25ClF2N8O2. The smallest absolute Gasteiger partial charge is 0.281 e. The Hall–Kier alpha value is -4.32. The van der Waals surface area contributed by atoms with Crippen molar-refractivity contribution in [3.05, 3.63) is 69.5 Å². The van der Waals surface area contributed by atoms with E-state index >= 15 is 4.39 Å². The first-order valence-electron chi connectivity index (χ1n) is 12.8. The lowest BCUT2D eigenvalue weighted by molar-refractivity contribution is 0.372. The largest absolute Gasteiger partial charge is 0.494 e. The van der Waals surface area contributed by atoms with Crippen LogP contribution in [0.15, 0.2) is 41.5 Å². The van der Waals surface area contributed by atoms with Gasteiger partial charge in [-0.2, -0.15) is 9.49 Å². The molecule has 5 aromatic rings. The average molecular weight is 567 g/mol. The lowest BCUT2D eigenvalue weighted by Crippen LogP contribution is -2.48. The maximum absolute atomic E-state index is 15.2. The van der Waals surface area contributed by atoms with E-state index in [1.807, 2.05) is 5.01 Å². The van der Waals surface area contributed by atoms with Gasteiger partial charge in [-0.1, -0.05) is 17.7 Å². The van der Waals surface area contributed by atoms with Gasteiger partial charge < -0.3 is 15.5 Å². The zero-order valence-corrected chi connectivity index (χ0v) is 22.5. The second kappa shape index (κ2) is 10.0. The van der Waals surface area contributed by atoms with Gasteiger partial charge in [-0.25, -0.2) is 28.7 Å². The SMILES string of the molecule is COc1ccc(-c2nn(C(C)c3nc4cccc(Cl)c4c(=O)n3N3CCCCC3)c3ncnc(N)c23)c(F)c1F. The van der Waals surface area contributed by atoms with E-state index in [0.717, 1.165) is 19.3 Å². The molecule has 2 N–H and O–H groups in total. The van der Waals surface area contributed by atoms with Crippen molar-refractivity contribution in [3.63, 3.8) is 0 Å². The van der Waals surface area contributed by atoms with E-state index in [1.165, 1.54) is 30.3 Å². The van der Waals surface area contributed by atoms with Crippen LogP contribution in [-0.2, 0) is 0 Å². The molecule has 1 aliphatic rings. The predicted octanol–water partition coefficient (Wildman–Crippen LogP) is 4.46. The minimum absolute atomic E-state index is 0.0424. The van der Waals surface area contributed by atoms with Gasteiger partial charge in [0.15, 0.2) is 23.0 Å². The van der Waals surface area contributed by atoms with Crippen LogP contribution in [0.2, 0.25) is 5.02 Å². The fraction of sp³-hybridized carbons (Fsp3) is 0.296. The molecule has 2 aromatic carbocycles. The molecular weight excluding hydrogens is 542 g/mol. The van der Waals surface area contributed by atoms with Gasteiger partial charge in [0.05, 0.1) is 28.4 Å². The second-order valence-electron chi connectivity index (χ2n) is 9.61. The number of rotatable bonds is 5. The number of hydrogen-bond acceptors (Lipinski definition) is 8. The predicted molar refractivity (Wildman–Crippen MR) is 148 cm³/mol. The van der Waals surface area contributed by atoms with Crippen LogP contribution >= 0.6 is 11.6 Å². The van der Waals surface area contributed by atoms with Crippen LogP contribution in [0.25, 0.3) is 33.2 Å². The van der Waals surface area contributed by atoms with Gasteiger partial charge in [-0.3, -0.25) is 4.79 Å². The molecule has 0 saturated carbocycles. The van der Waals surface area contributed by atoms with Gasteiger partial charge in [0.2, 0.25) is 5.82 Å². The molecule has 10 nitrogen and oxygen atoms in total. The third-order valence-electron chi connectivity index (χ3n) is 7.25. The molecule has 4 heterocycles. The summed E-state index contributed by atoms with van der Waals surface area (Å²) in [6, 6.07) is 7.10. The molecule has 40 heavy (non-hydrogen) atoms. The van der Waals surface area contributed by atoms with Crippen LogP contribution in [0.5, 0.6) is 5.75 Å². The average Bonchev–Trinajstić information content (AvgIpc) is 3.35. The number of nitrogens with two attached hydrogens (primary N) is 1. The first kappa shape index (κ1) is 25.9. The van der Waals surface area contributed by atoms with Crippen LogP contribution in [0.1, 0.15) is 38.1 Å². The van der Waals surface area contributed by atoms with Crippen LogP contribution in [0.4, 0.5) is 14.6 Å². The Bertz CT molecular complexity index is 1830. The Morgan fingerprint density at radius 2 is 1.82 bits per heavy atom. The van der Waals surface area contributed by atoms with E-state index in [2.05, 4.69) is 15.1 Å². The summed E-state index contributed by atoms with van der Waals surface area (Å²) in [4.78, 5) is 27.2. The monoisotopic (exact) mass is 566 g/mol. The summed E-state index contributed by atoms with van der Waals surface area (Å²) in [5.41, 5.74) is 6.54. The summed E-state index contributed by atoms with van der Waals surface area (Å²) in [6.07, 6.45) is 4.16. The van der Waals surface area contributed by atoms with Crippen molar-refractivity contribution in [3.8, 4) is 17.0 Å². The number of nitrogen functional groups attached to an aromatic ring is 1. The van der Waals surface area contributed by atoms with Gasteiger partial charge in [0.1, 0.15) is 23.9 Å². The molecule has 1 aliphatic heterocycles. The third kappa shape index (κ3) is 4.01. The molecule has 206 valence electrons. The van der Waals surface area contributed by atoms with Crippen molar-refractivity contribution in [1.29, 1.82) is 0 Å². The molecule has 1 saturated heterocycles. The normalized spacial score (nSPS) is 14.7. The van der Waals surface area contributed by atoms with Crippen molar-refractivity contribution in [2.45, 2.75) is 32.2 Å². The summed E-state index contributed by atoms with van der Waals surface area (Å²) in [5, 5.41) is 7.49. The molecule has 0 radical (unpaired) electrons. The molecule has 1 unspecified atom stereocenters. The summed E-state index contributed by atoms with van der Waals surface area (Å²) >= 11 is 6.44. The fourth-order valence-electron chi connectivity index (χ4n) is 5.25. The molecule has 6 rings (SSSR count). The van der Waals surface area contributed by atoms with Crippen LogP contribution in [0, 0.1) is 11.6 Å². The minimum Gasteiger partial charge on any atom is -0.494 e. The molecule has 13 heteroatoms. The van der Waals surface area contributed by atoms with Crippen molar-refractivity contribution in [2.75, 3.05) is 30.9 Å². The number of aromatic nitrogens is 6. The lowest BCUT2D eigenvalue weighted by Gasteiger charge is -2.33. The molecule has 3 aromatic heterocycles. The lowest BCUT2D eigenvalue weighted by atomic mass is 10.1. The van der Waals surface area contributed by atoms with Crippen molar-refractivity contribution in [1.82, 2.24) is 29.4 Å². The first-order chi connectivity index (χ1) is 19.3. The van der Waals surface area contributed by atoms with Crippen molar-refractivity contribution < 1.29 is 13.5 Å². The standard InChI is InChI=1S/C27H25ClF2N8O2/c1-14(25-34-17-8-6-7-16(28)19(17)27(39)38(25)36-11-4-3-5-12-36)37-26-20(24(31)32-13-33-26)23(35-37)15-9-10-18(40-2)22(30)21(15)29/h6-10,13-14H,3-5,11-12H2,1-2H3,(H2,31,32,33). The van der Waals surface area contributed by atoms with E-state index < -0.39 is 17.7 Å². The minimum atomic E-state index is -1.15. The number of piperidine rings is 1. The van der Waals surface area contributed by atoms with E-state index in [4.69, 9.17) is 27.1 Å². The number of anilines is 1. The summed E-state index contributed by atoms with van der Waals surface area (Å²) in [7, 11) is 1.25. The number of benzene rings is 2. The zero-order valence-electron chi connectivity index (χ0n) is 21.7. The highest BCUT2D eigenvalue weighted by atomic mass is 35.5. The highest BCUT2D eigenvalue weighted by molar-refractivity contribution is 6.35. The zero-order chi connectivity index (χ0) is 28.1. The van der Waals surface area contributed by atoms with Gasteiger partial charge in [-0.05, 0) is 50.5 Å². The van der Waals surface area contributed by atoms with E-state index in [0.29, 0.717) is 34.8 Å². The maximum Gasteiger partial charge on any atom is 0.281 e. The van der Waals surface area contributed by atoms with E-state index in [-0.39, 0.29) is 39.4 Å². The van der Waals surface area contributed by atoms with Gasteiger partial charge in [0, 0.05) is 18.7 Å². The highest BCUT2D eigenvalue weighted by Gasteiger charge is 2.29. The second-order valence-corrected chi connectivity index (χ2v) is 10.0. The number of hydrogen-bond donors (Lipinski definition) is 1. The molecule has 0 bridgehead atoms. The molecule has 0 aliphatic carbocycles. The van der Waals surface area contributed by atoms with Crippen LogP contribution < -0.4 is 21.0 Å². The van der Waals surface area contributed by atoms with Gasteiger partial charge in [-0.15, -0.1) is 0 Å². The van der Waals surface area contributed by atoms with Crippen LogP contribution in [0.3, 0.4) is 0 Å². The van der Waals surface area contributed by atoms with Crippen molar-refractivity contribution in [2.24, 2.45) is 0 Å². The Kier molecular flexibility index (Phi) is 6.49. The quantitative estimate of drug-likeness (QED) is 0.331. The van der Waals surface area contributed by atoms with Gasteiger partial charge >= 0.3 is 0 Å². The summed E-state index contributed by atoms with van der Waals surface area (Å²) < 4.78 is 37.9. The van der Waals surface area contributed by atoms with Crippen LogP contribution in [-0.4, -0.2) is 49.6 Å². The molecule has 0 amide bonds. The highest BCUT2D eigenvalue weighted by Crippen LogP contribution is 2.36. The summed E-state index contributed by atoms with van der Waals surface area (Å²) in [5.74, 6) is -2.12. The Labute approximate surface area is 231 Å². The third-order valence-corrected chi connectivity index (χ3v) is 7.56. The van der Waals surface area contributed by atoms with E-state index in [1.54, 1.807) is 29.8 Å². The Morgan fingerprint density at radius 1 is 1.05 bits per heavy atom. The number of methoxy groups -OCH3 is 1. The maximum atomic E-state index is 15.2. The number of halogens is 3. The molecule has 1 atom stereocenters. The fourth-order valence-corrected chi connectivity index (χ4v) is 5.51. The number of ether oxygens (including phenoxy) is 1. The van der Waals surface area contributed by atoms with E-state index in [9.17, 15) is 9.18 Å². The van der Waals surface area contributed by atoms with Gasteiger partial charge in [0.25, 0.3) is 5.56 Å². The Balaban J connectivity index is 1.61. The summed E-state index contributed by atoms with van der Waals surface area (Å²) in [6.45, 7) is 3.12. The number of fused-ring (bicyclic) bond motifs is 2. The Morgan fingerprint density at radius 3 is 2.58 bits per heavy atom. The molecule has 1 fully saturated rings. The first-order valence-corrected chi connectivity index (χ1v) is 13.2. The number of nitrogens with zero attached hydrogens (tertiary/aromatic N) is 7. The topological polar surface area (TPSA) is 117 Å². The van der Waals surface area contributed by atoms with Crippen molar-refractivity contribution >= 4 is 39.4 Å².